The lowest BCUT2D eigenvalue weighted by molar-refractivity contribution is -0.0514. The molecule has 5 heteroatoms. The fraction of sp³-hybridized carbons (Fsp3) is 0.692. The third-order valence-electron chi connectivity index (χ3n) is 6.36. The van der Waals surface area contributed by atoms with Crippen LogP contribution in [0.2, 0.25) is 18.1 Å². The van der Waals surface area contributed by atoms with Gasteiger partial charge in [-0.1, -0.05) is 58.7 Å². The summed E-state index contributed by atoms with van der Waals surface area (Å²) in [5, 5.41) is 10.4. The maximum absolute atomic E-state index is 10.3. The van der Waals surface area contributed by atoms with Crippen LogP contribution in [-0.2, 0) is 15.8 Å². The molecular formula is C26H46O4Si. The normalized spacial score (nSPS) is 15.4. The number of hydrogen-bond donors (Lipinski definition) is 1. The first-order chi connectivity index (χ1) is 14.5. The first kappa shape index (κ1) is 27.9. The van der Waals surface area contributed by atoms with Crippen molar-refractivity contribution in [2.45, 2.75) is 109 Å². The van der Waals surface area contributed by atoms with E-state index in [0.29, 0.717) is 19.4 Å². The Morgan fingerprint density at radius 2 is 1.71 bits per heavy atom. The number of benzene rings is 1. The van der Waals surface area contributed by atoms with Crippen LogP contribution in [0, 0.1) is 0 Å². The van der Waals surface area contributed by atoms with Gasteiger partial charge in [-0.05, 0) is 61.5 Å². The van der Waals surface area contributed by atoms with Crippen molar-refractivity contribution in [2.75, 3.05) is 7.11 Å². The molecule has 4 nitrogen and oxygen atoms in total. The van der Waals surface area contributed by atoms with Gasteiger partial charge < -0.3 is 19.0 Å². The van der Waals surface area contributed by atoms with Gasteiger partial charge in [0.2, 0.25) is 0 Å². The zero-order valence-corrected chi connectivity index (χ0v) is 21.9. The summed E-state index contributed by atoms with van der Waals surface area (Å²) in [5.74, 6) is 0.849. The van der Waals surface area contributed by atoms with Crippen molar-refractivity contribution >= 4 is 8.32 Å². The Balaban J connectivity index is 2.99. The maximum Gasteiger partial charge on any atom is 0.192 e. The van der Waals surface area contributed by atoms with Crippen LogP contribution in [0.15, 0.2) is 36.9 Å². The molecule has 0 amide bonds. The van der Waals surface area contributed by atoms with Gasteiger partial charge in [-0.2, -0.15) is 0 Å². The molecule has 0 aliphatic heterocycles. The highest BCUT2D eigenvalue weighted by Gasteiger charge is 2.41. The van der Waals surface area contributed by atoms with Crippen LogP contribution < -0.4 is 4.74 Å². The van der Waals surface area contributed by atoms with Crippen molar-refractivity contribution in [3.63, 3.8) is 0 Å². The molecule has 1 N–H and O–H groups in total. The average Bonchev–Trinajstić information content (AvgIpc) is 2.71. The summed E-state index contributed by atoms with van der Waals surface area (Å²) in [6.45, 7) is 17.9. The van der Waals surface area contributed by atoms with Crippen LogP contribution in [-0.4, -0.2) is 38.8 Å². The van der Waals surface area contributed by atoms with Crippen LogP contribution in [0.3, 0.4) is 0 Å². The largest absolute Gasteiger partial charge is 0.497 e. The van der Waals surface area contributed by atoms with Crippen LogP contribution >= 0.6 is 0 Å². The van der Waals surface area contributed by atoms with Crippen LogP contribution in [0.4, 0.5) is 0 Å². The smallest absolute Gasteiger partial charge is 0.192 e. The summed E-state index contributed by atoms with van der Waals surface area (Å²) in [6.07, 6.45) is 6.66. The van der Waals surface area contributed by atoms with E-state index in [2.05, 4.69) is 47.4 Å². The van der Waals surface area contributed by atoms with Gasteiger partial charge in [0.05, 0.1) is 32.0 Å². The second-order valence-electron chi connectivity index (χ2n) is 10.0. The van der Waals surface area contributed by atoms with E-state index in [-0.39, 0.29) is 23.4 Å². The van der Waals surface area contributed by atoms with Gasteiger partial charge in [-0.3, -0.25) is 0 Å². The first-order valence-electron chi connectivity index (χ1n) is 11.7. The van der Waals surface area contributed by atoms with Crippen LogP contribution in [0.5, 0.6) is 5.75 Å². The average molecular weight is 451 g/mol. The quantitative estimate of drug-likeness (QED) is 0.234. The Kier molecular flexibility index (Phi) is 12.1. The van der Waals surface area contributed by atoms with Gasteiger partial charge in [0.25, 0.3) is 0 Å². The standard InChI is InChI=1S/C26H46O4Si/c1-9-11-13-24(29-20-21-14-17-23(28-6)18-15-21)25(19-16-22(27)12-10-2)30-31(7,8)26(3,4)5/h10,14-15,17-18,22,24-25,27H,2,9,11-13,16,19-20H2,1,3-8H3/t22-,24-,25-/m1/s1. The van der Waals surface area contributed by atoms with E-state index in [1.807, 2.05) is 24.3 Å². The fourth-order valence-corrected chi connectivity index (χ4v) is 4.63. The Morgan fingerprint density at radius 3 is 2.23 bits per heavy atom. The molecule has 0 bridgehead atoms. The second kappa shape index (κ2) is 13.4. The summed E-state index contributed by atoms with van der Waals surface area (Å²) in [5.41, 5.74) is 1.13. The lowest BCUT2D eigenvalue weighted by atomic mass is 10.00. The predicted molar refractivity (Wildman–Crippen MR) is 133 cm³/mol. The van der Waals surface area contributed by atoms with Crippen molar-refractivity contribution in [3.05, 3.63) is 42.5 Å². The minimum Gasteiger partial charge on any atom is -0.497 e. The van der Waals surface area contributed by atoms with E-state index < -0.39 is 8.32 Å². The van der Waals surface area contributed by atoms with Gasteiger partial charge >= 0.3 is 0 Å². The van der Waals surface area contributed by atoms with E-state index in [1.54, 1.807) is 13.2 Å². The number of ether oxygens (including phenoxy) is 2. The number of hydrogen-bond acceptors (Lipinski definition) is 4. The zero-order chi connectivity index (χ0) is 23.5. The summed E-state index contributed by atoms with van der Waals surface area (Å²) in [7, 11) is -0.303. The maximum atomic E-state index is 10.3. The molecule has 0 spiro atoms. The molecule has 3 atom stereocenters. The summed E-state index contributed by atoms with van der Waals surface area (Å²) < 4.78 is 18.6. The third-order valence-corrected chi connectivity index (χ3v) is 10.9. The molecule has 0 heterocycles. The first-order valence-corrected chi connectivity index (χ1v) is 14.7. The molecule has 0 radical (unpaired) electrons. The highest BCUT2D eigenvalue weighted by molar-refractivity contribution is 6.74. The van der Waals surface area contributed by atoms with Crippen molar-refractivity contribution in [2.24, 2.45) is 0 Å². The van der Waals surface area contributed by atoms with E-state index in [9.17, 15) is 5.11 Å². The third kappa shape index (κ3) is 9.90. The monoisotopic (exact) mass is 450 g/mol. The van der Waals surface area contributed by atoms with Crippen molar-refractivity contribution in [3.8, 4) is 5.75 Å². The van der Waals surface area contributed by atoms with Gasteiger partial charge in [0.1, 0.15) is 5.75 Å². The summed E-state index contributed by atoms with van der Waals surface area (Å²) in [4.78, 5) is 0. The molecule has 178 valence electrons. The molecule has 0 fully saturated rings. The predicted octanol–water partition coefficient (Wildman–Crippen LogP) is 6.88. The zero-order valence-electron chi connectivity index (χ0n) is 20.9. The van der Waals surface area contributed by atoms with Crippen LogP contribution in [0.25, 0.3) is 0 Å². The Labute approximate surface area is 192 Å². The molecule has 31 heavy (non-hydrogen) atoms. The van der Waals surface area contributed by atoms with E-state index >= 15 is 0 Å². The highest BCUT2D eigenvalue weighted by atomic mass is 28.4. The van der Waals surface area contributed by atoms with Crippen molar-refractivity contribution in [1.29, 1.82) is 0 Å². The molecular weight excluding hydrogens is 404 g/mol. The van der Waals surface area contributed by atoms with E-state index in [0.717, 1.165) is 37.0 Å². The molecule has 1 rings (SSSR count). The molecule has 0 saturated carbocycles. The number of rotatable bonds is 15. The van der Waals surface area contributed by atoms with Gasteiger partial charge in [0.15, 0.2) is 8.32 Å². The molecule has 0 aliphatic carbocycles. The highest BCUT2D eigenvalue weighted by Crippen LogP contribution is 2.39. The molecule has 0 aliphatic rings. The lowest BCUT2D eigenvalue weighted by Crippen LogP contribution is -2.47. The summed E-state index contributed by atoms with van der Waals surface area (Å²) >= 11 is 0. The molecule has 0 aromatic heterocycles. The minimum absolute atomic E-state index is 0.00658. The van der Waals surface area contributed by atoms with Gasteiger partial charge in [0, 0.05) is 0 Å². The lowest BCUT2D eigenvalue weighted by Gasteiger charge is -2.41. The summed E-state index contributed by atoms with van der Waals surface area (Å²) in [6, 6.07) is 8.03. The number of aliphatic hydroxyl groups excluding tert-OH is 1. The van der Waals surface area contributed by atoms with E-state index in [4.69, 9.17) is 13.9 Å². The van der Waals surface area contributed by atoms with Gasteiger partial charge in [-0.15, -0.1) is 6.58 Å². The number of unbranched alkanes of at least 4 members (excludes halogenated alkanes) is 1. The molecule has 1 aromatic carbocycles. The Hall–Kier alpha value is -1.14. The molecule has 0 saturated heterocycles. The molecule has 1 aromatic rings. The number of methoxy groups -OCH3 is 1. The molecule has 0 unspecified atom stereocenters. The topological polar surface area (TPSA) is 47.9 Å². The van der Waals surface area contributed by atoms with Crippen molar-refractivity contribution in [1.82, 2.24) is 0 Å². The van der Waals surface area contributed by atoms with Crippen LogP contribution in [0.1, 0.15) is 71.8 Å². The van der Waals surface area contributed by atoms with Gasteiger partial charge in [-0.25, -0.2) is 0 Å². The second-order valence-corrected chi connectivity index (χ2v) is 14.8. The fourth-order valence-electron chi connectivity index (χ4n) is 3.25. The minimum atomic E-state index is -1.98. The Morgan fingerprint density at radius 1 is 1.06 bits per heavy atom. The Bertz CT molecular complexity index is 621. The SMILES string of the molecule is C=CC[C@@H](O)CC[C@@H](O[Si](C)(C)C(C)(C)C)[C@@H](CCCC)OCc1ccc(OC)cc1. The number of aliphatic hydroxyl groups is 1. The van der Waals surface area contributed by atoms with E-state index in [1.165, 1.54) is 0 Å². The van der Waals surface area contributed by atoms with Crippen molar-refractivity contribution < 1.29 is 19.0 Å².